The zero-order valence-electron chi connectivity index (χ0n) is 11.0. The Bertz CT molecular complexity index is 280. The van der Waals surface area contributed by atoms with Crippen LogP contribution >= 0.6 is 0 Å². The summed E-state index contributed by atoms with van der Waals surface area (Å²) < 4.78 is 39.1. The maximum Gasteiger partial charge on any atom is 0.422 e. The van der Waals surface area contributed by atoms with Crippen molar-refractivity contribution in [2.45, 2.75) is 51.6 Å². The van der Waals surface area contributed by atoms with E-state index in [1.54, 1.807) is 0 Å². The van der Waals surface area contributed by atoms with Gasteiger partial charge in [-0.3, -0.25) is 9.59 Å². The largest absolute Gasteiger partial charge is 0.455 e. The van der Waals surface area contributed by atoms with Crippen molar-refractivity contribution in [1.82, 2.24) is 5.32 Å². The maximum atomic E-state index is 11.7. The number of nitrogens with one attached hydrogen (secondary N) is 1. The van der Waals surface area contributed by atoms with Crippen LogP contribution in [0.25, 0.3) is 0 Å². The lowest BCUT2D eigenvalue weighted by Crippen LogP contribution is -2.32. The molecule has 0 fully saturated rings. The Morgan fingerprint density at radius 1 is 1.11 bits per heavy atom. The minimum Gasteiger partial charge on any atom is -0.455 e. The third-order valence-electron chi connectivity index (χ3n) is 2.33. The van der Waals surface area contributed by atoms with Crippen molar-refractivity contribution in [3.05, 3.63) is 0 Å². The van der Waals surface area contributed by atoms with Crippen molar-refractivity contribution in [2.24, 2.45) is 0 Å². The third kappa shape index (κ3) is 13.0. The molecule has 0 aliphatic heterocycles. The molecule has 0 aromatic heterocycles. The van der Waals surface area contributed by atoms with Crippen molar-refractivity contribution < 1.29 is 27.5 Å². The first-order valence-electron chi connectivity index (χ1n) is 6.34. The molecule has 0 rings (SSSR count). The van der Waals surface area contributed by atoms with Gasteiger partial charge in [-0.1, -0.05) is 32.6 Å². The van der Waals surface area contributed by atoms with E-state index in [1.807, 2.05) is 0 Å². The number of hydrogen-bond acceptors (Lipinski definition) is 3. The number of alkyl halides is 3. The van der Waals surface area contributed by atoms with E-state index in [2.05, 4.69) is 17.0 Å². The fourth-order valence-electron chi connectivity index (χ4n) is 1.36. The van der Waals surface area contributed by atoms with E-state index in [1.165, 1.54) is 0 Å². The van der Waals surface area contributed by atoms with Crippen molar-refractivity contribution >= 4 is 11.9 Å². The molecule has 0 atom stereocenters. The number of esters is 1. The highest BCUT2D eigenvalue weighted by molar-refractivity contribution is 5.81. The van der Waals surface area contributed by atoms with E-state index >= 15 is 0 Å². The lowest BCUT2D eigenvalue weighted by Gasteiger charge is -2.08. The molecule has 0 saturated carbocycles. The Kier molecular flexibility index (Phi) is 8.99. The predicted molar refractivity (Wildman–Crippen MR) is 63.4 cm³/mol. The van der Waals surface area contributed by atoms with Gasteiger partial charge in [-0.2, -0.15) is 13.2 Å². The Labute approximate surface area is 110 Å². The molecular weight excluding hydrogens is 263 g/mol. The molecule has 0 spiro atoms. The number of unbranched alkanes of at least 4 members (excludes halogenated alkanes) is 4. The summed E-state index contributed by atoms with van der Waals surface area (Å²) in [5, 5.41) is 2.23. The monoisotopic (exact) mass is 283 g/mol. The van der Waals surface area contributed by atoms with Crippen molar-refractivity contribution in [1.29, 1.82) is 0 Å². The summed E-state index contributed by atoms with van der Waals surface area (Å²) in [4.78, 5) is 22.1. The summed E-state index contributed by atoms with van der Waals surface area (Å²) in [7, 11) is 0. The van der Waals surface area contributed by atoms with Gasteiger partial charge in [-0.25, -0.2) is 0 Å². The Hall–Kier alpha value is -1.27. The van der Waals surface area contributed by atoms with Gasteiger partial charge in [0.05, 0.1) is 0 Å². The van der Waals surface area contributed by atoms with Crippen LogP contribution in [0.1, 0.15) is 45.4 Å². The Morgan fingerprint density at radius 3 is 2.32 bits per heavy atom. The highest BCUT2D eigenvalue weighted by atomic mass is 19.4. The lowest BCUT2D eigenvalue weighted by molar-refractivity contribution is -0.185. The maximum absolute atomic E-state index is 11.7. The Balaban J connectivity index is 3.53. The first kappa shape index (κ1) is 17.7. The van der Waals surface area contributed by atoms with Gasteiger partial charge in [-0.15, -0.1) is 0 Å². The van der Waals surface area contributed by atoms with Gasteiger partial charge in [0.1, 0.15) is 6.54 Å². The topological polar surface area (TPSA) is 55.4 Å². The molecule has 0 aromatic carbocycles. The molecule has 0 bridgehead atoms. The quantitative estimate of drug-likeness (QED) is 0.522. The average Bonchev–Trinajstić information content (AvgIpc) is 2.32. The van der Waals surface area contributed by atoms with Gasteiger partial charge in [0.15, 0.2) is 6.61 Å². The van der Waals surface area contributed by atoms with Gasteiger partial charge >= 0.3 is 12.1 Å². The number of carbonyl (C=O) groups excluding carboxylic acids is 2. The van der Waals surface area contributed by atoms with Gasteiger partial charge < -0.3 is 10.1 Å². The first-order chi connectivity index (χ1) is 8.85. The summed E-state index contributed by atoms with van der Waals surface area (Å²) in [5.41, 5.74) is 0. The fraction of sp³-hybridized carbons (Fsp3) is 0.833. The van der Waals surface area contributed by atoms with E-state index in [0.717, 1.165) is 25.7 Å². The molecule has 19 heavy (non-hydrogen) atoms. The van der Waals surface area contributed by atoms with Crippen molar-refractivity contribution in [2.75, 3.05) is 13.2 Å². The van der Waals surface area contributed by atoms with Crippen LogP contribution in [-0.4, -0.2) is 31.2 Å². The van der Waals surface area contributed by atoms with Gasteiger partial charge in [0.25, 0.3) is 0 Å². The van der Waals surface area contributed by atoms with Crippen molar-refractivity contribution in [3.8, 4) is 0 Å². The highest BCUT2D eigenvalue weighted by Gasteiger charge is 2.29. The van der Waals surface area contributed by atoms with E-state index in [0.29, 0.717) is 6.42 Å². The molecule has 0 aliphatic rings. The lowest BCUT2D eigenvalue weighted by atomic mass is 10.1. The van der Waals surface area contributed by atoms with Crippen LogP contribution in [0, 0.1) is 0 Å². The van der Waals surface area contributed by atoms with Crippen molar-refractivity contribution in [3.63, 3.8) is 0 Å². The molecule has 112 valence electrons. The number of amides is 1. The second-order valence-corrected chi connectivity index (χ2v) is 4.22. The van der Waals surface area contributed by atoms with Crippen LogP contribution in [0.2, 0.25) is 0 Å². The summed E-state index contributed by atoms with van der Waals surface area (Å²) in [6.45, 7) is -0.0676. The number of ether oxygens (including phenoxy) is 1. The SMILES string of the molecule is CCCCCCCC(=O)NCC(=O)OCC(F)(F)F. The van der Waals surface area contributed by atoms with E-state index < -0.39 is 25.3 Å². The summed E-state index contributed by atoms with van der Waals surface area (Å²) in [6.07, 6.45) is 0.651. The smallest absolute Gasteiger partial charge is 0.422 e. The molecule has 0 aliphatic carbocycles. The molecule has 0 radical (unpaired) electrons. The van der Waals surface area contributed by atoms with Crippen LogP contribution in [0.3, 0.4) is 0 Å². The predicted octanol–water partition coefficient (Wildman–Crippen LogP) is 2.57. The van der Waals surface area contributed by atoms with Gasteiger partial charge in [0.2, 0.25) is 5.91 Å². The minimum atomic E-state index is -4.54. The van der Waals surface area contributed by atoms with Crippen LogP contribution in [0.5, 0.6) is 0 Å². The van der Waals surface area contributed by atoms with Crippen LogP contribution < -0.4 is 5.32 Å². The van der Waals surface area contributed by atoms with Crippen LogP contribution in [-0.2, 0) is 14.3 Å². The molecule has 1 amide bonds. The Morgan fingerprint density at radius 2 is 1.74 bits per heavy atom. The minimum absolute atomic E-state index is 0.274. The highest BCUT2D eigenvalue weighted by Crippen LogP contribution is 2.14. The molecule has 1 N–H and O–H groups in total. The molecule has 0 saturated heterocycles. The summed E-state index contributed by atoms with van der Waals surface area (Å²) in [6, 6.07) is 0. The van der Waals surface area contributed by atoms with E-state index in [-0.39, 0.29) is 12.3 Å². The standard InChI is InChI=1S/C12H20F3NO3/c1-2-3-4-5-6-7-10(17)16-8-11(18)19-9-12(13,14)15/h2-9H2,1H3,(H,16,17). The number of hydrogen-bond donors (Lipinski definition) is 1. The zero-order valence-corrected chi connectivity index (χ0v) is 11.0. The first-order valence-corrected chi connectivity index (χ1v) is 6.34. The van der Waals surface area contributed by atoms with E-state index in [4.69, 9.17) is 0 Å². The van der Waals surface area contributed by atoms with Gasteiger partial charge in [0, 0.05) is 6.42 Å². The zero-order chi connectivity index (χ0) is 14.7. The normalized spacial score (nSPS) is 11.2. The molecule has 0 aromatic rings. The summed E-state index contributed by atoms with van der Waals surface area (Å²) in [5.74, 6) is -1.43. The molecule has 0 unspecified atom stereocenters. The molecule has 4 nitrogen and oxygen atoms in total. The van der Waals surface area contributed by atoms with Crippen LogP contribution in [0.4, 0.5) is 13.2 Å². The summed E-state index contributed by atoms with van der Waals surface area (Å²) >= 11 is 0. The second-order valence-electron chi connectivity index (χ2n) is 4.22. The molecular formula is C12H20F3NO3. The number of halogens is 3. The molecule has 0 heterocycles. The fourth-order valence-corrected chi connectivity index (χ4v) is 1.36. The van der Waals surface area contributed by atoms with Gasteiger partial charge in [-0.05, 0) is 6.42 Å². The number of rotatable bonds is 9. The average molecular weight is 283 g/mol. The molecule has 7 heteroatoms. The third-order valence-corrected chi connectivity index (χ3v) is 2.33. The van der Waals surface area contributed by atoms with Crippen LogP contribution in [0.15, 0.2) is 0 Å². The number of carbonyl (C=O) groups is 2. The van der Waals surface area contributed by atoms with E-state index in [9.17, 15) is 22.8 Å². The second kappa shape index (κ2) is 9.63.